The first kappa shape index (κ1) is 20.9. The van der Waals surface area contributed by atoms with Crippen molar-refractivity contribution < 1.29 is 9.59 Å². The van der Waals surface area contributed by atoms with Crippen LogP contribution in [0.4, 0.5) is 0 Å². The molecule has 29 heavy (non-hydrogen) atoms. The Hall–Kier alpha value is -2.86. The molecule has 6 nitrogen and oxygen atoms in total. The number of imidazole rings is 1. The molecule has 0 saturated heterocycles. The highest BCUT2D eigenvalue weighted by Gasteiger charge is 2.16. The third-order valence-electron chi connectivity index (χ3n) is 4.86. The smallest absolute Gasteiger partial charge is 0.251 e. The lowest BCUT2D eigenvalue weighted by Crippen LogP contribution is -2.34. The zero-order valence-electron chi connectivity index (χ0n) is 16.7. The van der Waals surface area contributed by atoms with Gasteiger partial charge in [-0.1, -0.05) is 29.8 Å². The first-order valence-electron chi connectivity index (χ1n) is 9.79. The molecule has 3 rings (SSSR count). The summed E-state index contributed by atoms with van der Waals surface area (Å²) in [7, 11) is 0. The fourth-order valence-corrected chi connectivity index (χ4v) is 3.51. The van der Waals surface area contributed by atoms with Crippen molar-refractivity contribution in [3.63, 3.8) is 0 Å². The van der Waals surface area contributed by atoms with Gasteiger partial charge in [-0.25, -0.2) is 4.98 Å². The lowest BCUT2D eigenvalue weighted by Gasteiger charge is -2.20. The monoisotopic (exact) mass is 412 g/mol. The summed E-state index contributed by atoms with van der Waals surface area (Å²) < 4.78 is 1.95. The second-order valence-corrected chi connectivity index (χ2v) is 7.12. The predicted octanol–water partition coefficient (Wildman–Crippen LogP) is 3.53. The number of likely N-dealkylation sites (N-methyl/N-ethyl adjacent to an activating group) is 1. The lowest BCUT2D eigenvalue weighted by atomic mass is 10.2. The largest absolute Gasteiger partial charge is 0.352 e. The molecule has 152 valence electrons. The first-order chi connectivity index (χ1) is 14.0. The van der Waals surface area contributed by atoms with Crippen LogP contribution in [0.5, 0.6) is 0 Å². The number of carbonyl (C=O) groups excluding carboxylic acids is 2. The zero-order chi connectivity index (χ0) is 20.8. The molecule has 0 fully saturated rings. The van der Waals surface area contributed by atoms with Crippen molar-refractivity contribution in [3.05, 3.63) is 64.9 Å². The highest BCUT2D eigenvalue weighted by atomic mass is 35.5. The van der Waals surface area contributed by atoms with Crippen LogP contribution in [0.2, 0.25) is 5.02 Å². The van der Waals surface area contributed by atoms with E-state index in [-0.39, 0.29) is 18.4 Å². The molecule has 0 aliphatic carbocycles. The maximum absolute atomic E-state index is 12.7. The topological polar surface area (TPSA) is 67.2 Å². The van der Waals surface area contributed by atoms with Crippen LogP contribution < -0.4 is 5.32 Å². The highest BCUT2D eigenvalue weighted by molar-refractivity contribution is 6.30. The quantitative estimate of drug-likeness (QED) is 0.615. The van der Waals surface area contributed by atoms with Gasteiger partial charge in [-0.15, -0.1) is 0 Å². The summed E-state index contributed by atoms with van der Waals surface area (Å²) in [6, 6.07) is 14.6. The SMILES string of the molecule is CCN(CC)C(=O)Cn1c(CCNC(=O)c2cccc(Cl)c2)nc2ccccc21. The minimum Gasteiger partial charge on any atom is -0.352 e. The van der Waals surface area contributed by atoms with Crippen LogP contribution in [-0.4, -0.2) is 45.9 Å². The molecule has 0 spiro atoms. The lowest BCUT2D eigenvalue weighted by molar-refractivity contribution is -0.131. The van der Waals surface area contributed by atoms with Gasteiger partial charge < -0.3 is 14.8 Å². The van der Waals surface area contributed by atoms with E-state index in [0.717, 1.165) is 16.9 Å². The molecule has 0 unspecified atom stereocenters. The molecule has 0 bridgehead atoms. The van der Waals surface area contributed by atoms with E-state index in [1.54, 1.807) is 29.2 Å². The number of hydrogen-bond acceptors (Lipinski definition) is 3. The molecular weight excluding hydrogens is 388 g/mol. The van der Waals surface area contributed by atoms with Crippen LogP contribution in [0.25, 0.3) is 11.0 Å². The zero-order valence-corrected chi connectivity index (χ0v) is 17.4. The van der Waals surface area contributed by atoms with Crippen LogP contribution in [-0.2, 0) is 17.8 Å². The van der Waals surface area contributed by atoms with Crippen molar-refractivity contribution in [2.45, 2.75) is 26.8 Å². The van der Waals surface area contributed by atoms with Crippen LogP contribution in [0.15, 0.2) is 48.5 Å². The van der Waals surface area contributed by atoms with Gasteiger partial charge in [0, 0.05) is 36.6 Å². The number of fused-ring (bicyclic) bond motifs is 1. The van der Waals surface area contributed by atoms with E-state index in [1.165, 1.54) is 0 Å². The van der Waals surface area contributed by atoms with E-state index in [9.17, 15) is 9.59 Å². The number of benzene rings is 2. The van der Waals surface area contributed by atoms with Crippen LogP contribution in [0, 0.1) is 0 Å². The number of para-hydroxylation sites is 2. The standard InChI is InChI=1S/C22H25ClN4O2/c1-3-26(4-2)21(28)15-27-19-11-6-5-10-18(19)25-20(27)12-13-24-22(29)16-8-7-9-17(23)14-16/h5-11,14H,3-4,12-13,15H2,1-2H3,(H,24,29). The van der Waals surface area contributed by atoms with Crippen LogP contribution in [0.3, 0.4) is 0 Å². The molecule has 2 amide bonds. The van der Waals surface area contributed by atoms with E-state index >= 15 is 0 Å². The van der Waals surface area contributed by atoms with Crippen LogP contribution in [0.1, 0.15) is 30.0 Å². The van der Waals surface area contributed by atoms with E-state index in [0.29, 0.717) is 36.6 Å². The summed E-state index contributed by atoms with van der Waals surface area (Å²) in [6.45, 7) is 5.94. The number of nitrogens with zero attached hydrogens (tertiary/aromatic N) is 3. The molecule has 1 heterocycles. The van der Waals surface area contributed by atoms with Crippen molar-refractivity contribution in [2.24, 2.45) is 0 Å². The molecular formula is C22H25ClN4O2. The average molecular weight is 413 g/mol. The number of nitrogens with one attached hydrogen (secondary N) is 1. The van der Waals surface area contributed by atoms with Crippen molar-refractivity contribution in [3.8, 4) is 0 Å². The fourth-order valence-electron chi connectivity index (χ4n) is 3.32. The summed E-state index contributed by atoms with van der Waals surface area (Å²) in [5.41, 5.74) is 2.28. The van der Waals surface area contributed by atoms with Crippen molar-refractivity contribution in [1.82, 2.24) is 19.8 Å². The predicted molar refractivity (Wildman–Crippen MR) is 115 cm³/mol. The van der Waals surface area contributed by atoms with Gasteiger partial charge in [-0.3, -0.25) is 9.59 Å². The molecule has 0 radical (unpaired) electrons. The first-order valence-corrected chi connectivity index (χ1v) is 10.2. The number of amides is 2. The average Bonchev–Trinajstić information content (AvgIpc) is 3.06. The summed E-state index contributed by atoms with van der Waals surface area (Å²) in [5, 5.41) is 3.42. The Morgan fingerprint density at radius 2 is 1.86 bits per heavy atom. The normalized spacial score (nSPS) is 10.9. The maximum atomic E-state index is 12.7. The summed E-state index contributed by atoms with van der Waals surface area (Å²) in [4.78, 5) is 31.5. The molecule has 2 aromatic carbocycles. The van der Waals surface area contributed by atoms with Gasteiger partial charge in [-0.2, -0.15) is 0 Å². The fraction of sp³-hybridized carbons (Fsp3) is 0.318. The second-order valence-electron chi connectivity index (χ2n) is 6.69. The highest BCUT2D eigenvalue weighted by Crippen LogP contribution is 2.17. The minimum absolute atomic E-state index is 0.0577. The minimum atomic E-state index is -0.186. The van der Waals surface area contributed by atoms with E-state index in [2.05, 4.69) is 10.3 Å². The molecule has 1 aromatic heterocycles. The van der Waals surface area contributed by atoms with Gasteiger partial charge in [0.15, 0.2) is 0 Å². The Bertz CT molecular complexity index is 1010. The van der Waals surface area contributed by atoms with Gasteiger partial charge in [0.1, 0.15) is 12.4 Å². The summed E-state index contributed by atoms with van der Waals surface area (Å²) in [5.74, 6) is 0.648. The van der Waals surface area contributed by atoms with Gasteiger partial charge in [-0.05, 0) is 44.2 Å². The van der Waals surface area contributed by atoms with Gasteiger partial charge in [0.25, 0.3) is 5.91 Å². The van der Waals surface area contributed by atoms with Crippen molar-refractivity contribution in [2.75, 3.05) is 19.6 Å². The Morgan fingerprint density at radius 3 is 2.59 bits per heavy atom. The number of carbonyl (C=O) groups is 2. The van der Waals surface area contributed by atoms with Crippen molar-refractivity contribution in [1.29, 1.82) is 0 Å². The molecule has 3 aromatic rings. The second kappa shape index (κ2) is 9.56. The Labute approximate surface area is 175 Å². The molecule has 7 heteroatoms. The van der Waals surface area contributed by atoms with E-state index in [4.69, 9.17) is 11.6 Å². The van der Waals surface area contributed by atoms with E-state index < -0.39 is 0 Å². The maximum Gasteiger partial charge on any atom is 0.251 e. The number of rotatable bonds is 8. The molecule has 0 aliphatic heterocycles. The molecule has 1 N–H and O–H groups in total. The molecule has 0 saturated carbocycles. The third kappa shape index (κ3) is 4.95. The Kier molecular flexibility index (Phi) is 6.88. The summed E-state index contributed by atoms with van der Waals surface area (Å²) in [6.07, 6.45) is 0.520. The Morgan fingerprint density at radius 1 is 1.10 bits per heavy atom. The number of halogens is 1. The van der Waals surface area contributed by atoms with Crippen LogP contribution >= 0.6 is 11.6 Å². The van der Waals surface area contributed by atoms with Gasteiger partial charge in [0.2, 0.25) is 5.91 Å². The van der Waals surface area contributed by atoms with E-state index in [1.807, 2.05) is 42.7 Å². The number of aromatic nitrogens is 2. The van der Waals surface area contributed by atoms with Gasteiger partial charge in [0.05, 0.1) is 11.0 Å². The molecule has 0 aliphatic rings. The van der Waals surface area contributed by atoms with Crippen molar-refractivity contribution >= 4 is 34.4 Å². The Balaban J connectivity index is 1.74. The number of hydrogen-bond donors (Lipinski definition) is 1. The van der Waals surface area contributed by atoms with Gasteiger partial charge >= 0.3 is 0 Å². The third-order valence-corrected chi connectivity index (χ3v) is 5.10. The molecule has 0 atom stereocenters. The summed E-state index contributed by atoms with van der Waals surface area (Å²) >= 11 is 5.95.